The average Bonchev–Trinajstić information content (AvgIpc) is 3.21. The third-order valence-electron chi connectivity index (χ3n) is 4.39. The second-order valence-electron chi connectivity index (χ2n) is 6.22. The first-order chi connectivity index (χ1) is 12.1. The monoisotopic (exact) mass is 375 g/mol. The van der Waals surface area contributed by atoms with Gasteiger partial charge in [0.1, 0.15) is 5.69 Å². The molecule has 0 unspecified atom stereocenters. The van der Waals surface area contributed by atoms with Crippen molar-refractivity contribution in [2.24, 2.45) is 7.05 Å². The number of halogens is 1. The second kappa shape index (κ2) is 6.65. The van der Waals surface area contributed by atoms with Crippen molar-refractivity contribution >= 4 is 44.2 Å². The molecule has 1 N–H and O–H groups in total. The lowest BCUT2D eigenvalue weighted by atomic mass is 10.1. The average molecular weight is 376 g/mol. The van der Waals surface area contributed by atoms with Crippen LogP contribution in [-0.4, -0.2) is 39.8 Å². The number of amides is 1. The maximum absolute atomic E-state index is 12.2. The molecule has 0 bridgehead atoms. The topological polar surface area (TPSA) is 63.1 Å². The largest absolute Gasteiger partial charge is 0.348 e. The van der Waals surface area contributed by atoms with Gasteiger partial charge in [-0.2, -0.15) is 5.10 Å². The highest BCUT2D eigenvalue weighted by Gasteiger charge is 2.23. The van der Waals surface area contributed by atoms with Crippen molar-refractivity contribution in [2.75, 3.05) is 18.0 Å². The molecule has 6 nitrogen and oxygen atoms in total. The Morgan fingerprint density at radius 3 is 2.84 bits per heavy atom. The highest BCUT2D eigenvalue weighted by Crippen LogP contribution is 2.32. The fraction of sp³-hybridized carbons (Fsp3) is 0.353. The van der Waals surface area contributed by atoms with Crippen molar-refractivity contribution in [1.29, 1.82) is 0 Å². The van der Waals surface area contributed by atoms with E-state index < -0.39 is 0 Å². The van der Waals surface area contributed by atoms with E-state index in [-0.39, 0.29) is 11.9 Å². The summed E-state index contributed by atoms with van der Waals surface area (Å²) in [6, 6.07) is 7.69. The lowest BCUT2D eigenvalue weighted by Gasteiger charge is -2.31. The molecular weight excluding hydrogens is 358 g/mol. The van der Waals surface area contributed by atoms with E-state index >= 15 is 0 Å². The van der Waals surface area contributed by atoms with Gasteiger partial charge in [-0.05, 0) is 37.1 Å². The van der Waals surface area contributed by atoms with E-state index in [1.54, 1.807) is 35.3 Å². The molecule has 0 saturated carbocycles. The number of fused-ring (bicyclic) bond motifs is 1. The fourth-order valence-corrected chi connectivity index (χ4v) is 4.33. The van der Waals surface area contributed by atoms with Crippen LogP contribution in [0.2, 0.25) is 5.02 Å². The molecule has 1 aliphatic heterocycles. The minimum atomic E-state index is -0.103. The van der Waals surface area contributed by atoms with Crippen molar-refractivity contribution in [3.8, 4) is 0 Å². The number of thiazole rings is 1. The number of hydrogen-bond acceptors (Lipinski definition) is 5. The first-order valence-corrected chi connectivity index (χ1v) is 9.39. The van der Waals surface area contributed by atoms with Crippen LogP contribution in [0.25, 0.3) is 10.2 Å². The zero-order valence-electron chi connectivity index (χ0n) is 13.8. The number of aryl methyl sites for hydroxylation is 1. The quantitative estimate of drug-likeness (QED) is 0.764. The van der Waals surface area contributed by atoms with Gasteiger partial charge in [0, 0.05) is 37.4 Å². The van der Waals surface area contributed by atoms with Gasteiger partial charge in [-0.25, -0.2) is 4.98 Å². The molecule has 0 atom stereocenters. The molecule has 1 fully saturated rings. The summed E-state index contributed by atoms with van der Waals surface area (Å²) in [4.78, 5) is 19.2. The number of carbonyl (C=O) groups excluding carboxylic acids is 1. The van der Waals surface area contributed by atoms with Gasteiger partial charge < -0.3 is 10.2 Å². The standard InChI is InChI=1S/C17H18ClN5OS/c1-22-7-6-14(21-22)16(24)19-12-4-8-23(9-5-12)17-20-13-3-2-11(18)10-15(13)25-17/h2-3,6-7,10,12H,4-5,8-9H2,1H3,(H,19,24). The van der Waals surface area contributed by atoms with E-state index in [9.17, 15) is 4.79 Å². The minimum Gasteiger partial charge on any atom is -0.348 e. The number of aromatic nitrogens is 3. The molecule has 3 heterocycles. The second-order valence-corrected chi connectivity index (χ2v) is 7.66. The Morgan fingerprint density at radius 1 is 1.32 bits per heavy atom. The van der Waals surface area contributed by atoms with Crippen molar-refractivity contribution in [1.82, 2.24) is 20.1 Å². The van der Waals surface area contributed by atoms with Crippen LogP contribution in [0.5, 0.6) is 0 Å². The Morgan fingerprint density at radius 2 is 2.12 bits per heavy atom. The van der Waals surface area contributed by atoms with Crippen LogP contribution in [0, 0.1) is 0 Å². The molecule has 1 saturated heterocycles. The Hall–Kier alpha value is -2.12. The molecular formula is C17H18ClN5OS. The molecule has 3 aromatic rings. The maximum Gasteiger partial charge on any atom is 0.271 e. The van der Waals surface area contributed by atoms with E-state index in [1.807, 2.05) is 18.2 Å². The molecule has 0 spiro atoms. The number of carbonyl (C=O) groups is 1. The van der Waals surface area contributed by atoms with E-state index in [2.05, 4.69) is 15.3 Å². The van der Waals surface area contributed by atoms with Crippen LogP contribution in [0.4, 0.5) is 5.13 Å². The highest BCUT2D eigenvalue weighted by atomic mass is 35.5. The summed E-state index contributed by atoms with van der Waals surface area (Å²) >= 11 is 7.71. The Balaban J connectivity index is 1.38. The predicted octanol–water partition coefficient (Wildman–Crippen LogP) is 3.08. The Kier molecular flexibility index (Phi) is 4.35. The van der Waals surface area contributed by atoms with Crippen LogP contribution >= 0.6 is 22.9 Å². The van der Waals surface area contributed by atoms with Gasteiger partial charge in [0.25, 0.3) is 5.91 Å². The normalized spacial score (nSPS) is 15.7. The predicted molar refractivity (Wildman–Crippen MR) is 101 cm³/mol. The van der Waals surface area contributed by atoms with Crippen LogP contribution < -0.4 is 10.2 Å². The zero-order chi connectivity index (χ0) is 17.4. The molecule has 1 aromatic carbocycles. The first-order valence-electron chi connectivity index (χ1n) is 8.20. The number of nitrogens with one attached hydrogen (secondary N) is 1. The summed E-state index contributed by atoms with van der Waals surface area (Å²) in [5.74, 6) is -0.103. The number of piperidine rings is 1. The van der Waals surface area contributed by atoms with Crippen molar-refractivity contribution in [3.63, 3.8) is 0 Å². The van der Waals surface area contributed by atoms with Gasteiger partial charge >= 0.3 is 0 Å². The van der Waals surface area contributed by atoms with Gasteiger partial charge in [-0.3, -0.25) is 9.48 Å². The molecule has 1 amide bonds. The number of anilines is 1. The van der Waals surface area contributed by atoms with Gasteiger partial charge in [-0.1, -0.05) is 22.9 Å². The highest BCUT2D eigenvalue weighted by molar-refractivity contribution is 7.22. The molecule has 8 heteroatoms. The number of hydrogen-bond donors (Lipinski definition) is 1. The molecule has 0 aliphatic carbocycles. The van der Waals surface area contributed by atoms with Gasteiger partial charge in [0.2, 0.25) is 0 Å². The van der Waals surface area contributed by atoms with E-state index in [0.29, 0.717) is 5.69 Å². The zero-order valence-corrected chi connectivity index (χ0v) is 15.3. The smallest absolute Gasteiger partial charge is 0.271 e. The van der Waals surface area contributed by atoms with E-state index in [1.165, 1.54) is 0 Å². The fourth-order valence-electron chi connectivity index (χ4n) is 3.03. The van der Waals surface area contributed by atoms with Crippen molar-refractivity contribution in [2.45, 2.75) is 18.9 Å². The van der Waals surface area contributed by atoms with Crippen LogP contribution in [0.1, 0.15) is 23.3 Å². The lowest BCUT2D eigenvalue weighted by molar-refractivity contribution is 0.0925. The SMILES string of the molecule is Cn1ccc(C(=O)NC2CCN(c3nc4ccc(Cl)cc4s3)CC2)n1. The summed E-state index contributed by atoms with van der Waals surface area (Å²) in [5.41, 5.74) is 1.45. The number of rotatable bonds is 3. The molecule has 4 rings (SSSR count). The summed E-state index contributed by atoms with van der Waals surface area (Å²) < 4.78 is 2.74. The molecule has 1 aliphatic rings. The first kappa shape index (κ1) is 16.4. The van der Waals surface area contributed by atoms with Crippen LogP contribution in [0.3, 0.4) is 0 Å². The van der Waals surface area contributed by atoms with E-state index in [0.717, 1.165) is 46.3 Å². The van der Waals surface area contributed by atoms with Crippen molar-refractivity contribution < 1.29 is 4.79 Å². The lowest BCUT2D eigenvalue weighted by Crippen LogP contribution is -2.44. The minimum absolute atomic E-state index is 0.103. The Bertz CT molecular complexity index is 913. The van der Waals surface area contributed by atoms with Crippen molar-refractivity contribution in [3.05, 3.63) is 41.2 Å². The number of benzene rings is 1. The van der Waals surface area contributed by atoms with E-state index in [4.69, 9.17) is 16.6 Å². The molecule has 130 valence electrons. The third-order valence-corrected chi connectivity index (χ3v) is 5.70. The summed E-state index contributed by atoms with van der Waals surface area (Å²) in [6.07, 6.45) is 3.57. The summed E-state index contributed by atoms with van der Waals surface area (Å²) in [6.45, 7) is 1.75. The van der Waals surface area contributed by atoms with Crippen LogP contribution in [0.15, 0.2) is 30.5 Å². The molecule has 25 heavy (non-hydrogen) atoms. The van der Waals surface area contributed by atoms with Gasteiger partial charge in [0.05, 0.1) is 10.2 Å². The maximum atomic E-state index is 12.2. The molecule has 0 radical (unpaired) electrons. The van der Waals surface area contributed by atoms with Crippen LogP contribution in [-0.2, 0) is 7.05 Å². The van der Waals surface area contributed by atoms with Gasteiger partial charge in [-0.15, -0.1) is 0 Å². The number of nitrogens with zero attached hydrogens (tertiary/aromatic N) is 4. The van der Waals surface area contributed by atoms with Gasteiger partial charge in [0.15, 0.2) is 5.13 Å². The summed E-state index contributed by atoms with van der Waals surface area (Å²) in [7, 11) is 1.81. The Labute approximate surface area is 154 Å². The molecule has 2 aromatic heterocycles. The summed E-state index contributed by atoms with van der Waals surface area (Å²) in [5, 5.41) is 8.98. The third kappa shape index (κ3) is 3.48.